The van der Waals surface area contributed by atoms with E-state index in [4.69, 9.17) is 4.99 Å². The van der Waals surface area contributed by atoms with Crippen molar-refractivity contribution in [2.75, 3.05) is 33.7 Å². The number of hydrogen-bond acceptors (Lipinski definition) is 3. The monoisotopic (exact) mass is 472 g/mol. The van der Waals surface area contributed by atoms with Gasteiger partial charge in [0.25, 0.3) is 0 Å². The fourth-order valence-corrected chi connectivity index (χ4v) is 3.23. The SMILES string of the molecule is CCNC(=NCC(c1ccccc1)N(C)C)NCCc1cccs1.I. The summed E-state index contributed by atoms with van der Waals surface area (Å²) in [5, 5.41) is 8.89. The molecule has 6 heteroatoms. The summed E-state index contributed by atoms with van der Waals surface area (Å²) in [5.74, 6) is 0.886. The Kier molecular flexibility index (Phi) is 10.8. The van der Waals surface area contributed by atoms with Gasteiger partial charge in [0.05, 0.1) is 12.6 Å². The molecule has 138 valence electrons. The van der Waals surface area contributed by atoms with Crippen LogP contribution < -0.4 is 10.6 Å². The van der Waals surface area contributed by atoms with Gasteiger partial charge in [-0.2, -0.15) is 0 Å². The van der Waals surface area contributed by atoms with Crippen LogP contribution in [0.2, 0.25) is 0 Å². The second-order valence-corrected chi connectivity index (χ2v) is 6.90. The van der Waals surface area contributed by atoms with E-state index in [1.807, 2.05) is 0 Å². The third kappa shape index (κ3) is 7.75. The number of halogens is 1. The van der Waals surface area contributed by atoms with Crippen molar-refractivity contribution < 1.29 is 0 Å². The molecule has 0 fully saturated rings. The third-order valence-corrected chi connectivity index (χ3v) is 4.75. The van der Waals surface area contributed by atoms with Crippen LogP contribution in [0.25, 0.3) is 0 Å². The Morgan fingerprint density at radius 3 is 2.48 bits per heavy atom. The summed E-state index contributed by atoms with van der Waals surface area (Å²) in [4.78, 5) is 8.40. The number of rotatable bonds is 8. The van der Waals surface area contributed by atoms with Crippen LogP contribution in [0.5, 0.6) is 0 Å². The van der Waals surface area contributed by atoms with Gasteiger partial charge in [-0.25, -0.2) is 0 Å². The van der Waals surface area contributed by atoms with Crippen LogP contribution in [0.1, 0.15) is 23.4 Å². The molecule has 0 aliphatic rings. The molecule has 0 saturated heterocycles. The van der Waals surface area contributed by atoms with E-state index in [1.54, 1.807) is 11.3 Å². The predicted octanol–water partition coefficient (Wildman–Crippen LogP) is 3.77. The molecule has 2 N–H and O–H groups in total. The van der Waals surface area contributed by atoms with Gasteiger partial charge in [0, 0.05) is 18.0 Å². The number of guanidine groups is 1. The Labute approximate surface area is 172 Å². The highest BCUT2D eigenvalue weighted by molar-refractivity contribution is 14.0. The predicted molar refractivity (Wildman–Crippen MR) is 120 cm³/mol. The van der Waals surface area contributed by atoms with E-state index in [0.717, 1.165) is 32.0 Å². The van der Waals surface area contributed by atoms with Crippen molar-refractivity contribution in [3.05, 3.63) is 58.3 Å². The van der Waals surface area contributed by atoms with Gasteiger partial charge >= 0.3 is 0 Å². The van der Waals surface area contributed by atoms with Crippen LogP contribution >= 0.6 is 35.3 Å². The van der Waals surface area contributed by atoms with E-state index < -0.39 is 0 Å². The van der Waals surface area contributed by atoms with Gasteiger partial charge in [0.15, 0.2) is 5.96 Å². The van der Waals surface area contributed by atoms with Gasteiger partial charge in [-0.15, -0.1) is 35.3 Å². The number of nitrogens with zero attached hydrogens (tertiary/aromatic N) is 2. The van der Waals surface area contributed by atoms with Gasteiger partial charge in [0.2, 0.25) is 0 Å². The number of likely N-dealkylation sites (N-methyl/N-ethyl adjacent to an activating group) is 1. The zero-order chi connectivity index (χ0) is 17.2. The lowest BCUT2D eigenvalue weighted by Gasteiger charge is -2.23. The zero-order valence-electron chi connectivity index (χ0n) is 15.2. The van der Waals surface area contributed by atoms with E-state index >= 15 is 0 Å². The fraction of sp³-hybridized carbons (Fsp3) is 0.421. The molecule has 4 nitrogen and oxygen atoms in total. The van der Waals surface area contributed by atoms with Crippen LogP contribution in [0.15, 0.2) is 52.8 Å². The highest BCUT2D eigenvalue weighted by atomic mass is 127. The summed E-state index contributed by atoms with van der Waals surface area (Å²) >= 11 is 1.80. The second-order valence-electron chi connectivity index (χ2n) is 5.87. The molecule has 0 aliphatic carbocycles. The molecule has 0 spiro atoms. The third-order valence-electron chi connectivity index (χ3n) is 3.82. The first-order valence-corrected chi connectivity index (χ1v) is 9.34. The minimum Gasteiger partial charge on any atom is -0.357 e. The Morgan fingerprint density at radius 1 is 1.12 bits per heavy atom. The average molecular weight is 472 g/mol. The molecule has 0 bridgehead atoms. The molecule has 1 unspecified atom stereocenters. The summed E-state index contributed by atoms with van der Waals surface area (Å²) in [7, 11) is 4.20. The van der Waals surface area contributed by atoms with E-state index in [9.17, 15) is 0 Å². The molecule has 2 rings (SSSR count). The molecule has 2 aromatic rings. The van der Waals surface area contributed by atoms with Gasteiger partial charge < -0.3 is 15.5 Å². The molecule has 1 aromatic heterocycles. The molecule has 0 aliphatic heterocycles. The van der Waals surface area contributed by atoms with Gasteiger partial charge in [-0.05, 0) is 44.4 Å². The van der Waals surface area contributed by atoms with E-state index in [0.29, 0.717) is 0 Å². The lowest BCUT2D eigenvalue weighted by molar-refractivity contribution is 0.306. The van der Waals surface area contributed by atoms with Gasteiger partial charge in [0.1, 0.15) is 0 Å². The Balaban J connectivity index is 0.00000312. The van der Waals surface area contributed by atoms with Gasteiger partial charge in [-0.1, -0.05) is 36.4 Å². The standard InChI is InChI=1S/C19H28N4S.HI/c1-4-20-19(21-13-12-17-11-8-14-24-17)22-15-18(23(2)3)16-9-6-5-7-10-16;/h5-11,14,18H,4,12-13,15H2,1-3H3,(H2,20,21,22);1H. The molecule has 1 heterocycles. The van der Waals surface area contributed by atoms with Crippen LogP contribution in [0, 0.1) is 0 Å². The molecular weight excluding hydrogens is 443 g/mol. The first-order chi connectivity index (χ1) is 11.7. The summed E-state index contributed by atoms with van der Waals surface area (Å²) in [5.41, 5.74) is 1.29. The first-order valence-electron chi connectivity index (χ1n) is 8.46. The quantitative estimate of drug-likeness (QED) is 0.349. The topological polar surface area (TPSA) is 39.7 Å². The number of hydrogen-bond donors (Lipinski definition) is 2. The summed E-state index contributed by atoms with van der Waals surface area (Å²) in [6.07, 6.45) is 1.03. The van der Waals surface area contributed by atoms with Crippen LogP contribution in [-0.2, 0) is 6.42 Å². The highest BCUT2D eigenvalue weighted by Gasteiger charge is 2.13. The molecule has 1 atom stereocenters. The average Bonchev–Trinajstić information content (AvgIpc) is 3.09. The van der Waals surface area contributed by atoms with Crippen LogP contribution in [-0.4, -0.2) is 44.6 Å². The number of aliphatic imine (C=N–C) groups is 1. The first kappa shape index (κ1) is 21.9. The second kappa shape index (κ2) is 12.3. The van der Waals surface area contributed by atoms with Crippen molar-refractivity contribution in [2.24, 2.45) is 4.99 Å². The maximum Gasteiger partial charge on any atom is 0.191 e. The van der Waals surface area contributed by atoms with Crippen molar-refractivity contribution >= 4 is 41.3 Å². The fourth-order valence-electron chi connectivity index (χ4n) is 2.52. The van der Waals surface area contributed by atoms with Crippen LogP contribution in [0.3, 0.4) is 0 Å². The Hall–Kier alpha value is -1.12. The van der Waals surface area contributed by atoms with Crippen molar-refractivity contribution in [3.8, 4) is 0 Å². The Morgan fingerprint density at radius 2 is 1.88 bits per heavy atom. The van der Waals surface area contributed by atoms with Crippen molar-refractivity contribution in [2.45, 2.75) is 19.4 Å². The van der Waals surface area contributed by atoms with Crippen molar-refractivity contribution in [3.63, 3.8) is 0 Å². The normalized spacial score (nSPS) is 12.6. The lowest BCUT2D eigenvalue weighted by atomic mass is 10.1. The minimum absolute atomic E-state index is 0. The maximum atomic E-state index is 4.79. The van der Waals surface area contributed by atoms with Crippen molar-refractivity contribution in [1.29, 1.82) is 0 Å². The zero-order valence-corrected chi connectivity index (χ0v) is 18.4. The van der Waals surface area contributed by atoms with E-state index in [1.165, 1.54) is 10.4 Å². The van der Waals surface area contributed by atoms with E-state index in [-0.39, 0.29) is 30.0 Å². The number of thiophene rings is 1. The molecule has 0 radical (unpaired) electrons. The smallest absolute Gasteiger partial charge is 0.191 e. The summed E-state index contributed by atoms with van der Waals surface area (Å²) in [6, 6.07) is 15.1. The summed E-state index contributed by atoms with van der Waals surface area (Å²) in [6.45, 7) is 4.58. The van der Waals surface area contributed by atoms with E-state index in [2.05, 4.69) is 84.4 Å². The summed E-state index contributed by atoms with van der Waals surface area (Å²) < 4.78 is 0. The number of nitrogens with one attached hydrogen (secondary N) is 2. The number of benzene rings is 1. The molecule has 0 amide bonds. The minimum atomic E-state index is 0. The molecule has 0 saturated carbocycles. The van der Waals surface area contributed by atoms with Crippen molar-refractivity contribution in [1.82, 2.24) is 15.5 Å². The largest absolute Gasteiger partial charge is 0.357 e. The molecule has 1 aromatic carbocycles. The molecule has 25 heavy (non-hydrogen) atoms. The highest BCUT2D eigenvalue weighted by Crippen LogP contribution is 2.17. The van der Waals surface area contributed by atoms with Gasteiger partial charge in [-0.3, -0.25) is 4.99 Å². The molecular formula is C19H29IN4S. The van der Waals surface area contributed by atoms with Crippen LogP contribution in [0.4, 0.5) is 0 Å². The maximum absolute atomic E-state index is 4.79. The lowest BCUT2D eigenvalue weighted by Crippen LogP contribution is -2.39. The Bertz CT molecular complexity index is 599.